The highest BCUT2D eigenvalue weighted by molar-refractivity contribution is 5.93. The van der Waals surface area contributed by atoms with Gasteiger partial charge < -0.3 is 34.3 Å². The summed E-state index contributed by atoms with van der Waals surface area (Å²) in [6.45, 7) is 0.949. The van der Waals surface area contributed by atoms with Crippen LogP contribution in [0.3, 0.4) is 0 Å². The van der Waals surface area contributed by atoms with Gasteiger partial charge in [-0.25, -0.2) is 0 Å². The normalized spacial score (nSPS) is 16.7. The minimum Gasteiger partial charge on any atom is -0.489 e. The lowest BCUT2D eigenvalue weighted by Gasteiger charge is -2.35. The summed E-state index contributed by atoms with van der Waals surface area (Å²) in [6.07, 6.45) is 0.978. The topological polar surface area (TPSA) is 137 Å². The van der Waals surface area contributed by atoms with Crippen molar-refractivity contribution in [2.75, 3.05) is 38.3 Å². The summed E-state index contributed by atoms with van der Waals surface area (Å²) in [7, 11) is 1.89. The fraction of sp³-hybridized carbons (Fsp3) is 0.290. The van der Waals surface area contributed by atoms with Crippen LogP contribution in [-0.4, -0.2) is 73.0 Å². The van der Waals surface area contributed by atoms with Gasteiger partial charge in [-0.2, -0.15) is 0 Å². The SMILES string of the molecule is CN1C[C@@H](NC(=O)c2cc(Oc3ccccc3)ccn2)COc2ccc(C#CC3(OC(=O)CCC(=O)O)COC3)cc21. The number of carbonyl (C=O) groups is 3. The van der Waals surface area contributed by atoms with Crippen molar-refractivity contribution in [3.63, 3.8) is 0 Å². The Bertz CT molecular complexity index is 1530. The molecule has 0 bridgehead atoms. The highest BCUT2D eigenvalue weighted by atomic mass is 16.6. The van der Waals surface area contributed by atoms with Crippen molar-refractivity contribution in [1.82, 2.24) is 10.3 Å². The minimum atomic E-state index is -1.10. The molecular weight excluding hydrogens is 542 g/mol. The van der Waals surface area contributed by atoms with E-state index in [1.165, 1.54) is 6.20 Å². The molecule has 2 N–H and O–H groups in total. The Morgan fingerprint density at radius 3 is 2.64 bits per heavy atom. The number of carboxylic acid groups (broad SMARTS) is 1. The molecule has 5 rings (SSSR count). The number of likely N-dealkylation sites (N-methyl/N-ethyl adjacent to an activating group) is 1. The van der Waals surface area contributed by atoms with Crippen LogP contribution in [0.5, 0.6) is 17.2 Å². The van der Waals surface area contributed by atoms with Crippen LogP contribution in [0.4, 0.5) is 5.69 Å². The van der Waals surface area contributed by atoms with E-state index in [1.54, 1.807) is 24.3 Å². The average Bonchev–Trinajstić information content (AvgIpc) is 3.11. The summed E-state index contributed by atoms with van der Waals surface area (Å²) < 4.78 is 22.5. The molecule has 1 saturated heterocycles. The van der Waals surface area contributed by atoms with Crippen LogP contribution in [0.15, 0.2) is 66.9 Å². The highest BCUT2D eigenvalue weighted by Gasteiger charge is 2.41. The van der Waals surface area contributed by atoms with Gasteiger partial charge in [0.15, 0.2) is 0 Å². The fourth-order valence-corrected chi connectivity index (χ4v) is 4.37. The maximum absolute atomic E-state index is 13.0. The van der Waals surface area contributed by atoms with Crippen LogP contribution in [0, 0.1) is 11.8 Å². The lowest BCUT2D eigenvalue weighted by atomic mass is 10.0. The lowest BCUT2D eigenvalue weighted by Crippen LogP contribution is -2.52. The summed E-state index contributed by atoms with van der Waals surface area (Å²) in [5, 5.41) is 11.8. The zero-order chi connectivity index (χ0) is 29.5. The molecule has 42 heavy (non-hydrogen) atoms. The molecule has 0 saturated carbocycles. The van der Waals surface area contributed by atoms with Crippen LogP contribution in [0.2, 0.25) is 0 Å². The highest BCUT2D eigenvalue weighted by Crippen LogP contribution is 2.31. The quantitative estimate of drug-likeness (QED) is 0.307. The second kappa shape index (κ2) is 12.6. The van der Waals surface area contributed by atoms with Gasteiger partial charge in [0.1, 0.15) is 42.8 Å². The number of ether oxygens (including phenoxy) is 4. The molecule has 1 amide bonds. The maximum Gasteiger partial charge on any atom is 0.308 e. The van der Waals surface area contributed by atoms with Gasteiger partial charge in [-0.1, -0.05) is 24.1 Å². The van der Waals surface area contributed by atoms with Crippen molar-refractivity contribution in [2.45, 2.75) is 24.5 Å². The molecule has 0 spiro atoms. The zero-order valence-electron chi connectivity index (χ0n) is 22.9. The van der Waals surface area contributed by atoms with Gasteiger partial charge in [-0.05, 0) is 42.3 Å². The van der Waals surface area contributed by atoms with Crippen LogP contribution in [0.1, 0.15) is 28.9 Å². The van der Waals surface area contributed by atoms with Crippen molar-refractivity contribution in [3.8, 4) is 29.1 Å². The van der Waals surface area contributed by atoms with E-state index in [2.05, 4.69) is 22.1 Å². The lowest BCUT2D eigenvalue weighted by molar-refractivity contribution is -0.192. The Kier molecular flexibility index (Phi) is 8.55. The number of amides is 1. The van der Waals surface area contributed by atoms with Crippen molar-refractivity contribution in [1.29, 1.82) is 0 Å². The molecule has 2 aromatic carbocycles. The van der Waals surface area contributed by atoms with Gasteiger partial charge in [0.2, 0.25) is 5.60 Å². The zero-order valence-corrected chi connectivity index (χ0v) is 22.9. The monoisotopic (exact) mass is 571 g/mol. The molecule has 2 aliphatic heterocycles. The number of benzene rings is 2. The summed E-state index contributed by atoms with van der Waals surface area (Å²) in [4.78, 5) is 42.0. The first-order chi connectivity index (χ1) is 20.3. The molecule has 1 aromatic heterocycles. The van der Waals surface area contributed by atoms with Gasteiger partial charge in [0.05, 0.1) is 24.6 Å². The summed E-state index contributed by atoms with van der Waals surface area (Å²) >= 11 is 0. The molecule has 3 aromatic rings. The number of hydrogen-bond acceptors (Lipinski definition) is 9. The van der Waals surface area contributed by atoms with Gasteiger partial charge >= 0.3 is 11.9 Å². The minimum absolute atomic E-state index is 0.115. The number of aromatic nitrogens is 1. The number of pyridine rings is 1. The largest absolute Gasteiger partial charge is 0.489 e. The van der Waals surface area contributed by atoms with Crippen LogP contribution in [0.25, 0.3) is 0 Å². The number of nitrogens with one attached hydrogen (secondary N) is 1. The molecule has 1 fully saturated rings. The molecule has 11 nitrogen and oxygen atoms in total. The van der Waals surface area contributed by atoms with E-state index in [-0.39, 0.29) is 50.3 Å². The molecule has 11 heteroatoms. The standard InChI is InChI=1S/C31H29N3O8/c1-34-17-22(33-30(38)25-16-24(12-14-32-25)41-23-5-3-2-4-6-23)18-40-27-8-7-21(15-26(27)34)11-13-31(19-39-20-31)42-29(37)10-9-28(35)36/h2-8,12,14-16,22H,9-10,17-20H2,1H3,(H,33,38)(H,35,36)/t22-/m1/s1. The average molecular weight is 572 g/mol. The van der Waals surface area contributed by atoms with E-state index in [9.17, 15) is 14.4 Å². The Labute approximate surface area is 242 Å². The number of rotatable bonds is 8. The van der Waals surface area contributed by atoms with Gasteiger partial charge in [-0.3, -0.25) is 19.4 Å². The van der Waals surface area contributed by atoms with Crippen LogP contribution >= 0.6 is 0 Å². The Balaban J connectivity index is 1.22. The number of esters is 1. The van der Waals surface area contributed by atoms with Gasteiger partial charge in [-0.15, -0.1) is 0 Å². The number of carbonyl (C=O) groups excluding carboxylic acids is 2. The fourth-order valence-electron chi connectivity index (χ4n) is 4.37. The molecule has 0 radical (unpaired) electrons. The van der Waals surface area contributed by atoms with E-state index < -0.39 is 17.5 Å². The van der Waals surface area contributed by atoms with Crippen LogP contribution in [-0.2, 0) is 19.1 Å². The van der Waals surface area contributed by atoms with E-state index in [0.29, 0.717) is 29.4 Å². The summed E-state index contributed by atoms with van der Waals surface area (Å²) in [5.74, 6) is 5.76. The molecule has 216 valence electrons. The predicted molar refractivity (Wildman–Crippen MR) is 151 cm³/mol. The first-order valence-corrected chi connectivity index (χ1v) is 13.3. The van der Waals surface area contributed by atoms with E-state index in [4.69, 9.17) is 24.1 Å². The molecule has 2 aliphatic rings. The van der Waals surface area contributed by atoms with Crippen molar-refractivity contribution in [2.24, 2.45) is 0 Å². The summed E-state index contributed by atoms with van der Waals surface area (Å²) in [5.41, 5.74) is 0.576. The van der Waals surface area contributed by atoms with E-state index in [0.717, 1.165) is 5.69 Å². The third-order valence-electron chi connectivity index (χ3n) is 6.54. The van der Waals surface area contributed by atoms with E-state index >= 15 is 0 Å². The smallest absolute Gasteiger partial charge is 0.308 e. The molecule has 0 aliphatic carbocycles. The van der Waals surface area contributed by atoms with Gasteiger partial charge in [0, 0.05) is 31.4 Å². The van der Waals surface area contributed by atoms with Crippen molar-refractivity contribution < 1.29 is 38.4 Å². The molecule has 0 unspecified atom stereocenters. The Morgan fingerprint density at radius 2 is 1.90 bits per heavy atom. The second-order valence-corrected chi connectivity index (χ2v) is 9.94. The Morgan fingerprint density at radius 1 is 1.10 bits per heavy atom. The first kappa shape index (κ1) is 28.4. The molecule has 3 heterocycles. The number of carboxylic acids is 1. The Hall–Kier alpha value is -5.08. The first-order valence-electron chi connectivity index (χ1n) is 13.3. The molecular formula is C31H29N3O8. The van der Waals surface area contributed by atoms with Crippen molar-refractivity contribution >= 4 is 23.5 Å². The van der Waals surface area contributed by atoms with E-state index in [1.807, 2.05) is 48.3 Å². The number of nitrogens with zero attached hydrogens (tertiary/aromatic N) is 2. The van der Waals surface area contributed by atoms with Gasteiger partial charge in [0.25, 0.3) is 5.91 Å². The number of para-hydroxylation sites is 1. The van der Waals surface area contributed by atoms with Crippen molar-refractivity contribution in [3.05, 3.63) is 78.1 Å². The summed E-state index contributed by atoms with van der Waals surface area (Å²) in [6, 6.07) is 17.7. The second-order valence-electron chi connectivity index (χ2n) is 9.94. The number of anilines is 1. The molecule has 1 atom stereocenters. The number of aliphatic carboxylic acids is 1. The number of fused-ring (bicyclic) bond motifs is 1. The number of hydrogen-bond donors (Lipinski definition) is 2. The predicted octanol–water partition coefficient (Wildman–Crippen LogP) is 3.03. The van der Waals surface area contributed by atoms with Crippen LogP contribution < -0.4 is 19.7 Å². The third kappa shape index (κ3) is 7.16. The third-order valence-corrected chi connectivity index (χ3v) is 6.54. The maximum atomic E-state index is 13.0.